The highest BCUT2D eigenvalue weighted by molar-refractivity contribution is 7.99. The van der Waals surface area contributed by atoms with Crippen LogP contribution < -0.4 is 20.3 Å². The first-order valence-electron chi connectivity index (χ1n) is 7.91. The lowest BCUT2D eigenvalue weighted by Gasteiger charge is -2.13. The Morgan fingerprint density at radius 1 is 1.27 bits per heavy atom. The molecule has 0 aliphatic rings. The van der Waals surface area contributed by atoms with E-state index >= 15 is 0 Å². The Kier molecular flexibility index (Phi) is 7.35. The van der Waals surface area contributed by atoms with Gasteiger partial charge in [-0.2, -0.15) is 0 Å². The average molecular weight is 398 g/mol. The molecule has 0 bridgehead atoms. The molecule has 2 rings (SSSR count). The van der Waals surface area contributed by atoms with E-state index in [0.717, 1.165) is 18.2 Å². The van der Waals surface area contributed by atoms with E-state index in [9.17, 15) is 9.59 Å². The Morgan fingerprint density at radius 2 is 2.00 bits per heavy atom. The maximum Gasteiger partial charge on any atom is 0.251 e. The summed E-state index contributed by atoms with van der Waals surface area (Å²) in [4.78, 5) is 30.9. The molecule has 7 nitrogen and oxygen atoms in total. The number of methoxy groups -OCH3 is 2. The zero-order valence-corrected chi connectivity index (χ0v) is 16.3. The van der Waals surface area contributed by atoms with Crippen molar-refractivity contribution < 1.29 is 14.3 Å². The Hall–Kier alpha value is -2.19. The molecule has 1 aromatic heterocycles. The van der Waals surface area contributed by atoms with Gasteiger partial charge in [-0.15, -0.1) is 0 Å². The first-order valence-corrected chi connectivity index (χ1v) is 9.27. The molecule has 0 radical (unpaired) electrons. The molecule has 9 heteroatoms. The maximum atomic E-state index is 12.3. The molecule has 1 amide bonds. The van der Waals surface area contributed by atoms with E-state index < -0.39 is 0 Å². The lowest BCUT2D eigenvalue weighted by atomic mass is 10.2. The second-order valence-electron chi connectivity index (χ2n) is 5.32. The van der Waals surface area contributed by atoms with Crippen LogP contribution in [-0.2, 0) is 11.2 Å². The molecular formula is C17H20ClN3O4S. The predicted molar refractivity (Wildman–Crippen MR) is 103 cm³/mol. The van der Waals surface area contributed by atoms with E-state index in [0.29, 0.717) is 39.5 Å². The first-order chi connectivity index (χ1) is 12.5. The van der Waals surface area contributed by atoms with Gasteiger partial charge in [0.05, 0.1) is 30.7 Å². The molecule has 0 saturated carbocycles. The number of aromatic amines is 1. The smallest absolute Gasteiger partial charge is 0.251 e. The quantitative estimate of drug-likeness (QED) is 0.525. The van der Waals surface area contributed by atoms with Gasteiger partial charge in [-0.05, 0) is 6.42 Å². The number of halogens is 1. The van der Waals surface area contributed by atoms with Crippen LogP contribution in [0.3, 0.4) is 0 Å². The number of aromatic nitrogens is 2. The van der Waals surface area contributed by atoms with Crippen LogP contribution in [0.1, 0.15) is 19.0 Å². The van der Waals surface area contributed by atoms with Crippen LogP contribution >= 0.6 is 23.4 Å². The van der Waals surface area contributed by atoms with Crippen molar-refractivity contribution in [3.05, 3.63) is 39.3 Å². The van der Waals surface area contributed by atoms with E-state index in [2.05, 4.69) is 15.3 Å². The van der Waals surface area contributed by atoms with Crippen molar-refractivity contribution in [2.45, 2.75) is 24.9 Å². The number of ether oxygens (including phenoxy) is 2. The highest BCUT2D eigenvalue weighted by atomic mass is 35.5. The SMILES string of the molecule is CCCc1cc(=O)[nH]c(SCC(=O)Nc2cc(OC)c(Cl)cc2OC)n1. The molecule has 2 N–H and O–H groups in total. The van der Waals surface area contributed by atoms with Gasteiger partial charge in [-0.1, -0.05) is 36.7 Å². The van der Waals surface area contributed by atoms with Gasteiger partial charge in [0.15, 0.2) is 5.16 Å². The lowest BCUT2D eigenvalue weighted by molar-refractivity contribution is -0.113. The van der Waals surface area contributed by atoms with Gasteiger partial charge in [-0.25, -0.2) is 4.98 Å². The van der Waals surface area contributed by atoms with Gasteiger partial charge in [0, 0.05) is 23.9 Å². The Morgan fingerprint density at radius 3 is 2.65 bits per heavy atom. The number of anilines is 1. The third-order valence-electron chi connectivity index (χ3n) is 3.37. The van der Waals surface area contributed by atoms with E-state index in [4.69, 9.17) is 21.1 Å². The van der Waals surface area contributed by atoms with Crippen molar-refractivity contribution in [3.63, 3.8) is 0 Å². The summed E-state index contributed by atoms with van der Waals surface area (Å²) in [6, 6.07) is 4.63. The fourth-order valence-corrected chi connectivity index (χ4v) is 3.14. The van der Waals surface area contributed by atoms with Crippen molar-refractivity contribution in [1.29, 1.82) is 0 Å². The number of rotatable bonds is 8. The zero-order valence-electron chi connectivity index (χ0n) is 14.7. The summed E-state index contributed by atoms with van der Waals surface area (Å²) >= 11 is 7.20. The van der Waals surface area contributed by atoms with E-state index in [-0.39, 0.29) is 17.2 Å². The molecule has 1 aromatic carbocycles. The van der Waals surface area contributed by atoms with Crippen LogP contribution in [0.4, 0.5) is 5.69 Å². The Balaban J connectivity index is 2.07. The molecule has 0 saturated heterocycles. The van der Waals surface area contributed by atoms with Crippen LogP contribution in [0.5, 0.6) is 11.5 Å². The normalized spacial score (nSPS) is 10.5. The number of nitrogens with zero attached hydrogens (tertiary/aromatic N) is 1. The van der Waals surface area contributed by atoms with Crippen molar-refractivity contribution in [2.24, 2.45) is 0 Å². The standard InChI is InChI=1S/C17H20ClN3O4S/c1-4-5-10-6-15(22)21-17(19-10)26-9-16(23)20-12-8-13(24-2)11(18)7-14(12)25-3/h6-8H,4-5,9H2,1-3H3,(H,20,23)(H,19,21,22). The Labute approximate surface area is 160 Å². The molecule has 0 fully saturated rings. The van der Waals surface area contributed by atoms with Gasteiger partial charge >= 0.3 is 0 Å². The summed E-state index contributed by atoms with van der Waals surface area (Å²) in [6.45, 7) is 2.01. The van der Waals surface area contributed by atoms with E-state index in [1.54, 1.807) is 12.1 Å². The average Bonchev–Trinajstić information content (AvgIpc) is 2.61. The highest BCUT2D eigenvalue weighted by Crippen LogP contribution is 2.35. The fourth-order valence-electron chi connectivity index (χ4n) is 2.21. The number of thioether (sulfide) groups is 1. The number of H-pyrrole nitrogens is 1. The summed E-state index contributed by atoms with van der Waals surface area (Å²) in [5.41, 5.74) is 0.930. The Bertz CT molecular complexity index is 841. The van der Waals surface area contributed by atoms with Crippen LogP contribution in [0.15, 0.2) is 28.2 Å². The number of benzene rings is 1. The number of hydrogen-bond donors (Lipinski definition) is 2. The number of hydrogen-bond acceptors (Lipinski definition) is 6. The molecular weight excluding hydrogens is 378 g/mol. The summed E-state index contributed by atoms with van der Waals surface area (Å²) in [6.07, 6.45) is 1.60. The molecule has 2 aromatic rings. The largest absolute Gasteiger partial charge is 0.495 e. The molecule has 0 aliphatic heterocycles. The van der Waals surface area contributed by atoms with Crippen molar-refractivity contribution in [1.82, 2.24) is 9.97 Å². The van der Waals surface area contributed by atoms with Crippen molar-refractivity contribution >= 4 is 35.0 Å². The fraction of sp³-hybridized carbons (Fsp3) is 0.353. The molecule has 0 aliphatic carbocycles. The molecule has 0 unspecified atom stereocenters. The second-order valence-corrected chi connectivity index (χ2v) is 6.69. The van der Waals surface area contributed by atoms with Crippen LogP contribution in [-0.4, -0.2) is 35.8 Å². The number of aryl methyl sites for hydroxylation is 1. The topological polar surface area (TPSA) is 93.3 Å². The molecule has 140 valence electrons. The van der Waals surface area contributed by atoms with Gasteiger partial charge in [0.1, 0.15) is 11.5 Å². The van der Waals surface area contributed by atoms with Gasteiger partial charge in [0.25, 0.3) is 5.56 Å². The van der Waals surface area contributed by atoms with Crippen molar-refractivity contribution in [3.8, 4) is 11.5 Å². The highest BCUT2D eigenvalue weighted by Gasteiger charge is 2.13. The number of nitrogens with one attached hydrogen (secondary N) is 2. The van der Waals surface area contributed by atoms with Crippen LogP contribution in [0, 0.1) is 0 Å². The second kappa shape index (κ2) is 9.49. The minimum atomic E-state index is -0.277. The minimum Gasteiger partial charge on any atom is -0.495 e. The first kappa shape index (κ1) is 20.1. The van der Waals surface area contributed by atoms with Gasteiger partial charge in [0.2, 0.25) is 5.91 Å². The van der Waals surface area contributed by atoms with Crippen LogP contribution in [0.2, 0.25) is 5.02 Å². The monoisotopic (exact) mass is 397 g/mol. The number of carbonyl (C=O) groups is 1. The van der Waals surface area contributed by atoms with E-state index in [1.165, 1.54) is 20.3 Å². The molecule has 1 heterocycles. The summed E-state index contributed by atoms with van der Waals surface area (Å²) in [5.74, 6) is 0.646. The third kappa shape index (κ3) is 5.40. The number of amides is 1. The molecule has 0 spiro atoms. The van der Waals surface area contributed by atoms with Crippen molar-refractivity contribution in [2.75, 3.05) is 25.3 Å². The maximum absolute atomic E-state index is 12.3. The summed E-state index contributed by atoms with van der Waals surface area (Å²) in [5, 5.41) is 3.54. The molecule has 26 heavy (non-hydrogen) atoms. The third-order valence-corrected chi connectivity index (χ3v) is 4.54. The van der Waals surface area contributed by atoms with Crippen LogP contribution in [0.25, 0.3) is 0 Å². The molecule has 0 atom stereocenters. The summed E-state index contributed by atoms with van der Waals surface area (Å²) < 4.78 is 10.4. The summed E-state index contributed by atoms with van der Waals surface area (Å²) in [7, 11) is 2.97. The predicted octanol–water partition coefficient (Wildman–Crippen LogP) is 3.12. The number of carbonyl (C=O) groups excluding carboxylic acids is 1. The van der Waals surface area contributed by atoms with Gasteiger partial charge in [-0.3, -0.25) is 9.59 Å². The van der Waals surface area contributed by atoms with E-state index in [1.807, 2.05) is 6.92 Å². The minimum absolute atomic E-state index is 0.0760. The van der Waals surface area contributed by atoms with Gasteiger partial charge < -0.3 is 19.8 Å². The lowest BCUT2D eigenvalue weighted by Crippen LogP contribution is -2.16. The zero-order chi connectivity index (χ0) is 19.1.